The molecule has 0 aliphatic heterocycles. The van der Waals surface area contributed by atoms with E-state index >= 15 is 0 Å². The van der Waals surface area contributed by atoms with Crippen molar-refractivity contribution in [2.75, 3.05) is 17.9 Å². The van der Waals surface area contributed by atoms with E-state index in [0.29, 0.717) is 24.2 Å². The van der Waals surface area contributed by atoms with E-state index in [1.165, 1.54) is 4.31 Å². The van der Waals surface area contributed by atoms with Crippen molar-refractivity contribution in [1.29, 1.82) is 0 Å². The quantitative estimate of drug-likeness (QED) is 0.623. The second kappa shape index (κ2) is 9.21. The molecule has 0 fully saturated rings. The van der Waals surface area contributed by atoms with Gasteiger partial charge in [0, 0.05) is 19.5 Å². The van der Waals surface area contributed by atoms with Crippen LogP contribution in [-0.4, -0.2) is 33.1 Å². The Morgan fingerprint density at radius 1 is 1.18 bits per heavy atom. The van der Waals surface area contributed by atoms with Gasteiger partial charge in [0.15, 0.2) is 0 Å². The van der Waals surface area contributed by atoms with E-state index in [1.54, 1.807) is 19.2 Å². The Morgan fingerprint density at radius 3 is 2.50 bits per heavy atom. The summed E-state index contributed by atoms with van der Waals surface area (Å²) in [5, 5.41) is 12.0. The summed E-state index contributed by atoms with van der Waals surface area (Å²) in [4.78, 5) is 10.9. The van der Waals surface area contributed by atoms with Crippen LogP contribution in [0.1, 0.15) is 42.5 Å². The molecular formula is C21H28N2O4S. The molecule has 0 aromatic heterocycles. The fourth-order valence-corrected chi connectivity index (χ4v) is 4.72. The van der Waals surface area contributed by atoms with Crippen LogP contribution in [0, 0.1) is 13.8 Å². The van der Waals surface area contributed by atoms with E-state index < -0.39 is 16.0 Å². The minimum atomic E-state index is -3.76. The van der Waals surface area contributed by atoms with Gasteiger partial charge in [-0.3, -0.25) is 9.10 Å². The normalized spacial score (nSPS) is 12.6. The summed E-state index contributed by atoms with van der Waals surface area (Å²) >= 11 is 0. The zero-order chi connectivity index (χ0) is 20.9. The average Bonchev–Trinajstić information content (AvgIpc) is 2.64. The van der Waals surface area contributed by atoms with E-state index in [2.05, 4.69) is 5.32 Å². The lowest BCUT2D eigenvalue weighted by Crippen LogP contribution is -2.30. The Labute approximate surface area is 167 Å². The number of hydrogen-bond acceptors (Lipinski definition) is 4. The maximum atomic E-state index is 13.4. The van der Waals surface area contributed by atoms with E-state index in [4.69, 9.17) is 5.11 Å². The number of anilines is 1. The molecule has 152 valence electrons. The number of aliphatic carboxylic acids is 1. The summed E-state index contributed by atoms with van der Waals surface area (Å²) in [6, 6.07) is 12.5. The largest absolute Gasteiger partial charge is 0.481 e. The Bertz CT molecular complexity index is 941. The molecule has 0 saturated carbocycles. The minimum Gasteiger partial charge on any atom is -0.481 e. The molecule has 0 aliphatic carbocycles. The molecule has 0 heterocycles. The Balaban J connectivity index is 2.34. The Hall–Kier alpha value is -2.38. The van der Waals surface area contributed by atoms with Gasteiger partial charge in [-0.15, -0.1) is 0 Å². The molecule has 0 radical (unpaired) electrons. The number of nitrogens with one attached hydrogen (secondary N) is 1. The number of aryl methyl sites for hydroxylation is 2. The van der Waals surface area contributed by atoms with Gasteiger partial charge in [-0.05, 0) is 62.6 Å². The van der Waals surface area contributed by atoms with Crippen LogP contribution in [0.2, 0.25) is 0 Å². The van der Waals surface area contributed by atoms with Gasteiger partial charge in [0.05, 0.1) is 10.6 Å². The number of carboxylic acid groups (broad SMARTS) is 1. The smallest absolute Gasteiger partial charge is 0.303 e. The van der Waals surface area contributed by atoms with Gasteiger partial charge in [0.1, 0.15) is 0 Å². The molecule has 0 amide bonds. The highest BCUT2D eigenvalue weighted by molar-refractivity contribution is 7.92. The molecular weight excluding hydrogens is 376 g/mol. The van der Waals surface area contributed by atoms with Gasteiger partial charge in [-0.1, -0.05) is 30.3 Å². The zero-order valence-corrected chi connectivity index (χ0v) is 17.6. The summed E-state index contributed by atoms with van der Waals surface area (Å²) < 4.78 is 28.1. The molecule has 2 aromatic rings. The monoisotopic (exact) mass is 404 g/mol. The van der Waals surface area contributed by atoms with Crippen molar-refractivity contribution in [2.45, 2.75) is 44.6 Å². The SMILES string of the molecule is Cc1ccc(C(C)NCCCC(=O)O)c(S(=O)(=O)N(C)c2ccccc2C)c1. The first-order valence-electron chi connectivity index (χ1n) is 9.25. The van der Waals surface area contributed by atoms with Crippen molar-refractivity contribution in [3.05, 3.63) is 59.2 Å². The fourth-order valence-electron chi connectivity index (χ4n) is 3.08. The van der Waals surface area contributed by atoms with Crippen molar-refractivity contribution in [3.8, 4) is 0 Å². The van der Waals surface area contributed by atoms with Gasteiger partial charge in [-0.25, -0.2) is 8.42 Å². The number of para-hydroxylation sites is 1. The number of benzene rings is 2. The van der Waals surface area contributed by atoms with Crippen LogP contribution in [0.5, 0.6) is 0 Å². The highest BCUT2D eigenvalue weighted by Gasteiger charge is 2.27. The molecule has 1 unspecified atom stereocenters. The summed E-state index contributed by atoms with van der Waals surface area (Å²) in [7, 11) is -2.19. The average molecular weight is 405 g/mol. The first kappa shape index (κ1) is 21.9. The third-order valence-electron chi connectivity index (χ3n) is 4.75. The number of rotatable bonds is 9. The van der Waals surface area contributed by atoms with E-state index in [-0.39, 0.29) is 17.4 Å². The van der Waals surface area contributed by atoms with Crippen LogP contribution >= 0.6 is 0 Å². The van der Waals surface area contributed by atoms with Crippen LogP contribution in [0.4, 0.5) is 5.69 Å². The maximum Gasteiger partial charge on any atom is 0.303 e. The minimum absolute atomic E-state index is 0.0782. The molecule has 28 heavy (non-hydrogen) atoms. The molecule has 7 heteroatoms. The lowest BCUT2D eigenvalue weighted by molar-refractivity contribution is -0.137. The summed E-state index contributed by atoms with van der Waals surface area (Å²) in [5.74, 6) is -0.840. The van der Waals surface area contributed by atoms with Crippen LogP contribution in [0.25, 0.3) is 0 Å². The van der Waals surface area contributed by atoms with E-state index in [1.807, 2.05) is 51.1 Å². The first-order chi connectivity index (χ1) is 13.1. The summed E-state index contributed by atoms with van der Waals surface area (Å²) in [6.07, 6.45) is 0.561. The predicted octanol–water partition coefficient (Wildman–Crippen LogP) is 3.64. The van der Waals surface area contributed by atoms with Gasteiger partial charge in [0.2, 0.25) is 0 Å². The van der Waals surface area contributed by atoms with E-state index in [0.717, 1.165) is 11.1 Å². The summed E-state index contributed by atoms with van der Waals surface area (Å²) in [5.41, 5.74) is 3.04. The molecule has 2 N–H and O–H groups in total. The molecule has 0 bridgehead atoms. The number of carboxylic acids is 1. The molecule has 6 nitrogen and oxygen atoms in total. The van der Waals surface area contributed by atoms with Crippen molar-refractivity contribution in [3.63, 3.8) is 0 Å². The highest BCUT2D eigenvalue weighted by atomic mass is 32.2. The van der Waals surface area contributed by atoms with E-state index in [9.17, 15) is 13.2 Å². The summed E-state index contributed by atoms with van der Waals surface area (Å²) in [6.45, 7) is 6.12. The van der Waals surface area contributed by atoms with Gasteiger partial charge in [-0.2, -0.15) is 0 Å². The Kier molecular flexibility index (Phi) is 7.21. The zero-order valence-electron chi connectivity index (χ0n) is 16.8. The van der Waals surface area contributed by atoms with Crippen LogP contribution in [0.15, 0.2) is 47.4 Å². The van der Waals surface area contributed by atoms with Crippen molar-refractivity contribution >= 4 is 21.7 Å². The molecule has 2 aromatic carbocycles. The van der Waals surface area contributed by atoms with Crippen molar-refractivity contribution in [1.82, 2.24) is 5.32 Å². The Morgan fingerprint density at radius 2 is 1.86 bits per heavy atom. The first-order valence-corrected chi connectivity index (χ1v) is 10.7. The highest BCUT2D eigenvalue weighted by Crippen LogP contribution is 2.30. The number of sulfonamides is 1. The number of hydrogen-bond donors (Lipinski definition) is 2. The topological polar surface area (TPSA) is 86.7 Å². The van der Waals surface area contributed by atoms with Gasteiger partial charge >= 0.3 is 5.97 Å². The van der Waals surface area contributed by atoms with Crippen molar-refractivity contribution in [2.24, 2.45) is 0 Å². The molecule has 0 spiro atoms. The van der Waals surface area contributed by atoms with Gasteiger partial charge in [0.25, 0.3) is 10.0 Å². The lowest BCUT2D eigenvalue weighted by Gasteiger charge is -2.25. The van der Waals surface area contributed by atoms with Crippen LogP contribution in [0.3, 0.4) is 0 Å². The lowest BCUT2D eigenvalue weighted by atomic mass is 10.1. The predicted molar refractivity (Wildman–Crippen MR) is 111 cm³/mol. The third kappa shape index (κ3) is 5.11. The fraction of sp³-hybridized carbons (Fsp3) is 0.381. The molecule has 0 aliphatic rings. The maximum absolute atomic E-state index is 13.4. The van der Waals surface area contributed by atoms with Crippen LogP contribution in [-0.2, 0) is 14.8 Å². The number of nitrogens with zero attached hydrogens (tertiary/aromatic N) is 1. The second-order valence-corrected chi connectivity index (χ2v) is 8.91. The second-order valence-electron chi connectivity index (χ2n) is 6.97. The molecule has 2 rings (SSSR count). The third-order valence-corrected chi connectivity index (χ3v) is 6.57. The van der Waals surface area contributed by atoms with Crippen molar-refractivity contribution < 1.29 is 18.3 Å². The van der Waals surface area contributed by atoms with Crippen LogP contribution < -0.4 is 9.62 Å². The number of carbonyl (C=O) groups is 1. The molecule has 0 saturated heterocycles. The molecule has 1 atom stereocenters. The standard InChI is InChI=1S/C21H28N2O4S/c1-15-11-12-18(17(3)22-13-7-10-21(24)25)20(14-15)28(26,27)23(4)19-9-6-5-8-16(19)2/h5-6,8-9,11-12,14,17,22H,7,10,13H2,1-4H3,(H,24,25). The van der Waals surface area contributed by atoms with Gasteiger partial charge < -0.3 is 10.4 Å².